The first-order chi connectivity index (χ1) is 10.3. The molecule has 1 N–H and O–H groups in total. The molecule has 1 aliphatic carbocycles. The Kier molecular flexibility index (Phi) is 4.48. The molecule has 0 spiro atoms. The van der Waals surface area contributed by atoms with Crippen molar-refractivity contribution in [1.29, 1.82) is 0 Å². The number of benzene rings is 1. The number of amides is 1. The van der Waals surface area contributed by atoms with Crippen molar-refractivity contribution < 1.29 is 4.79 Å². The average Bonchev–Trinajstić information content (AvgIpc) is 2.91. The Morgan fingerprint density at radius 2 is 2.10 bits per heavy atom. The zero-order valence-electron chi connectivity index (χ0n) is 12.3. The number of rotatable bonds is 4. The first-order valence-corrected chi connectivity index (χ1v) is 8.58. The van der Waals surface area contributed by atoms with Gasteiger partial charge in [-0.1, -0.05) is 43.2 Å². The van der Waals surface area contributed by atoms with E-state index in [1.54, 1.807) is 7.05 Å². The zero-order valence-corrected chi connectivity index (χ0v) is 13.2. The molecule has 21 heavy (non-hydrogen) atoms. The summed E-state index contributed by atoms with van der Waals surface area (Å²) < 4.78 is 2.36. The number of thioether (sulfide) groups is 1. The lowest BCUT2D eigenvalue weighted by Crippen LogP contribution is -2.20. The fourth-order valence-electron chi connectivity index (χ4n) is 3.02. The van der Waals surface area contributed by atoms with E-state index < -0.39 is 0 Å². The van der Waals surface area contributed by atoms with Gasteiger partial charge in [-0.15, -0.1) is 0 Å². The van der Waals surface area contributed by atoms with Crippen LogP contribution in [-0.4, -0.2) is 28.3 Å². The van der Waals surface area contributed by atoms with Crippen molar-refractivity contribution >= 4 is 28.7 Å². The first-order valence-electron chi connectivity index (χ1n) is 7.60. The number of carbonyl (C=O) groups is 1. The summed E-state index contributed by atoms with van der Waals surface area (Å²) in [5.41, 5.74) is 2.23. The smallest absolute Gasteiger partial charge is 0.230 e. The van der Waals surface area contributed by atoms with E-state index in [0.29, 0.717) is 11.8 Å². The van der Waals surface area contributed by atoms with Gasteiger partial charge < -0.3 is 9.88 Å². The monoisotopic (exact) mass is 303 g/mol. The maximum Gasteiger partial charge on any atom is 0.230 e. The highest BCUT2D eigenvalue weighted by Gasteiger charge is 2.21. The number of carbonyl (C=O) groups excluding carboxylic acids is 1. The molecule has 0 bridgehead atoms. The molecule has 1 heterocycles. The lowest BCUT2D eigenvalue weighted by atomic mass is 9.95. The normalized spacial score (nSPS) is 16.2. The van der Waals surface area contributed by atoms with Crippen LogP contribution in [0.15, 0.2) is 29.4 Å². The van der Waals surface area contributed by atoms with E-state index in [0.717, 1.165) is 10.7 Å². The third kappa shape index (κ3) is 3.07. The molecule has 112 valence electrons. The van der Waals surface area contributed by atoms with E-state index in [-0.39, 0.29) is 5.91 Å². The molecule has 0 saturated heterocycles. The fourth-order valence-corrected chi connectivity index (χ4v) is 3.97. The minimum absolute atomic E-state index is 0.0438. The number of imidazole rings is 1. The molecule has 1 aromatic heterocycles. The van der Waals surface area contributed by atoms with Gasteiger partial charge in [-0.25, -0.2) is 4.98 Å². The summed E-state index contributed by atoms with van der Waals surface area (Å²) in [7, 11) is 1.67. The van der Waals surface area contributed by atoms with Crippen molar-refractivity contribution in [2.24, 2.45) is 0 Å². The number of nitrogens with zero attached hydrogens (tertiary/aromatic N) is 2. The molecule has 1 fully saturated rings. The van der Waals surface area contributed by atoms with Crippen LogP contribution in [0, 0.1) is 0 Å². The topological polar surface area (TPSA) is 46.9 Å². The van der Waals surface area contributed by atoms with E-state index in [4.69, 9.17) is 4.98 Å². The molecule has 1 aromatic carbocycles. The summed E-state index contributed by atoms with van der Waals surface area (Å²) in [5, 5.41) is 3.65. The molecule has 0 radical (unpaired) electrons. The quantitative estimate of drug-likeness (QED) is 0.881. The third-order valence-corrected chi connectivity index (χ3v) is 5.07. The second-order valence-electron chi connectivity index (χ2n) is 5.51. The highest BCUT2D eigenvalue weighted by atomic mass is 32.2. The lowest BCUT2D eigenvalue weighted by molar-refractivity contribution is -0.118. The second-order valence-corrected chi connectivity index (χ2v) is 6.45. The largest absolute Gasteiger partial charge is 0.358 e. The van der Waals surface area contributed by atoms with Gasteiger partial charge in [-0.05, 0) is 25.0 Å². The van der Waals surface area contributed by atoms with Crippen molar-refractivity contribution in [3.8, 4) is 0 Å². The van der Waals surface area contributed by atoms with Crippen LogP contribution < -0.4 is 5.32 Å². The van der Waals surface area contributed by atoms with Gasteiger partial charge in [0.25, 0.3) is 0 Å². The molecule has 2 aromatic rings. The van der Waals surface area contributed by atoms with E-state index in [2.05, 4.69) is 28.1 Å². The van der Waals surface area contributed by atoms with Gasteiger partial charge in [0.2, 0.25) is 5.91 Å². The molecule has 1 amide bonds. The van der Waals surface area contributed by atoms with Crippen molar-refractivity contribution in [2.75, 3.05) is 12.8 Å². The van der Waals surface area contributed by atoms with Gasteiger partial charge in [0.15, 0.2) is 5.16 Å². The maximum atomic E-state index is 11.5. The molecule has 1 saturated carbocycles. The molecule has 1 aliphatic rings. The Labute approximate surface area is 129 Å². The second kappa shape index (κ2) is 6.52. The van der Waals surface area contributed by atoms with E-state index in [1.165, 1.54) is 49.4 Å². The van der Waals surface area contributed by atoms with Crippen LogP contribution >= 0.6 is 11.8 Å². The van der Waals surface area contributed by atoms with E-state index in [1.807, 2.05) is 6.07 Å². The average molecular weight is 303 g/mol. The molecule has 5 heteroatoms. The molecule has 0 unspecified atom stereocenters. The van der Waals surface area contributed by atoms with Gasteiger partial charge in [-0.3, -0.25) is 4.79 Å². The van der Waals surface area contributed by atoms with Crippen LogP contribution in [-0.2, 0) is 4.79 Å². The van der Waals surface area contributed by atoms with Crippen LogP contribution in [0.4, 0.5) is 0 Å². The van der Waals surface area contributed by atoms with Crippen LogP contribution in [0.2, 0.25) is 0 Å². The minimum Gasteiger partial charge on any atom is -0.358 e. The highest BCUT2D eigenvalue weighted by Crippen LogP contribution is 2.35. The number of hydrogen-bond acceptors (Lipinski definition) is 3. The van der Waals surface area contributed by atoms with Gasteiger partial charge in [0.1, 0.15) is 0 Å². The fraction of sp³-hybridized carbons (Fsp3) is 0.500. The summed E-state index contributed by atoms with van der Waals surface area (Å²) in [4.78, 5) is 16.3. The third-order valence-electron chi connectivity index (χ3n) is 4.11. The SMILES string of the molecule is CNC(=O)CSc1nc2ccccc2n1C1CCCCC1. The van der Waals surface area contributed by atoms with Gasteiger partial charge in [0.05, 0.1) is 16.8 Å². The summed E-state index contributed by atoms with van der Waals surface area (Å²) in [6.45, 7) is 0. The van der Waals surface area contributed by atoms with E-state index in [9.17, 15) is 4.79 Å². The van der Waals surface area contributed by atoms with Gasteiger partial charge in [0, 0.05) is 13.1 Å². The number of nitrogens with one attached hydrogen (secondary N) is 1. The van der Waals surface area contributed by atoms with Crippen molar-refractivity contribution in [3.63, 3.8) is 0 Å². The highest BCUT2D eigenvalue weighted by molar-refractivity contribution is 7.99. The Balaban J connectivity index is 1.95. The zero-order chi connectivity index (χ0) is 14.7. The van der Waals surface area contributed by atoms with Gasteiger partial charge >= 0.3 is 0 Å². The van der Waals surface area contributed by atoms with Crippen LogP contribution in [0.5, 0.6) is 0 Å². The van der Waals surface area contributed by atoms with Gasteiger partial charge in [-0.2, -0.15) is 0 Å². The summed E-state index contributed by atoms with van der Waals surface area (Å²) in [6.07, 6.45) is 6.35. The Bertz CT molecular complexity index is 631. The predicted molar refractivity (Wildman–Crippen MR) is 86.6 cm³/mol. The van der Waals surface area contributed by atoms with Crippen molar-refractivity contribution in [3.05, 3.63) is 24.3 Å². The Hall–Kier alpha value is -1.49. The molecule has 0 atom stereocenters. The first kappa shape index (κ1) is 14.4. The number of aromatic nitrogens is 2. The predicted octanol–water partition coefficient (Wildman–Crippen LogP) is 3.38. The van der Waals surface area contributed by atoms with Crippen LogP contribution in [0.1, 0.15) is 38.1 Å². The molecule has 0 aliphatic heterocycles. The molecule has 3 rings (SSSR count). The standard InChI is InChI=1S/C16H21N3OS/c1-17-15(20)11-21-16-18-13-9-5-6-10-14(13)19(16)12-7-3-2-4-8-12/h5-6,9-10,12H,2-4,7-8,11H2,1H3,(H,17,20). The van der Waals surface area contributed by atoms with Crippen LogP contribution in [0.25, 0.3) is 11.0 Å². The minimum atomic E-state index is 0.0438. The summed E-state index contributed by atoms with van der Waals surface area (Å²) in [6, 6.07) is 8.81. The summed E-state index contributed by atoms with van der Waals surface area (Å²) >= 11 is 1.54. The van der Waals surface area contributed by atoms with Crippen molar-refractivity contribution in [1.82, 2.24) is 14.9 Å². The lowest BCUT2D eigenvalue weighted by Gasteiger charge is -2.25. The molecule has 4 nitrogen and oxygen atoms in total. The Morgan fingerprint density at radius 1 is 1.33 bits per heavy atom. The number of hydrogen-bond donors (Lipinski definition) is 1. The van der Waals surface area contributed by atoms with Crippen molar-refractivity contribution in [2.45, 2.75) is 43.3 Å². The number of fused-ring (bicyclic) bond motifs is 1. The maximum absolute atomic E-state index is 11.5. The van der Waals surface area contributed by atoms with Crippen LogP contribution in [0.3, 0.4) is 0 Å². The molecular weight excluding hydrogens is 282 g/mol. The number of para-hydroxylation sites is 2. The summed E-state index contributed by atoms with van der Waals surface area (Å²) in [5.74, 6) is 0.467. The Morgan fingerprint density at radius 3 is 2.86 bits per heavy atom. The van der Waals surface area contributed by atoms with E-state index >= 15 is 0 Å². The molecular formula is C16H21N3OS.